The number of rotatable bonds is 1. The van der Waals surface area contributed by atoms with Crippen LogP contribution in [0.15, 0.2) is 57.7 Å². The second-order valence-electron chi connectivity index (χ2n) is 6.80. The molecule has 0 fully saturated rings. The van der Waals surface area contributed by atoms with Crippen LogP contribution in [-0.4, -0.2) is 0 Å². The van der Waals surface area contributed by atoms with Crippen molar-refractivity contribution in [3.8, 4) is 11.3 Å². The number of fused-ring (bicyclic) bond motifs is 1. The highest BCUT2D eigenvalue weighted by Gasteiger charge is 2.14. The van der Waals surface area contributed by atoms with E-state index >= 15 is 0 Å². The van der Waals surface area contributed by atoms with Gasteiger partial charge in [0.1, 0.15) is 11.3 Å². The van der Waals surface area contributed by atoms with Gasteiger partial charge in [-0.25, -0.2) is 0 Å². The monoisotopic (exact) mass is 292 g/mol. The third-order valence-electron chi connectivity index (χ3n) is 3.92. The molecule has 0 spiro atoms. The topological polar surface area (TPSA) is 30.2 Å². The number of aryl methyl sites for hydroxylation is 1. The molecule has 112 valence electrons. The van der Waals surface area contributed by atoms with E-state index in [0.717, 1.165) is 11.1 Å². The van der Waals surface area contributed by atoms with Crippen molar-refractivity contribution in [2.45, 2.75) is 33.1 Å². The van der Waals surface area contributed by atoms with Crippen molar-refractivity contribution in [3.63, 3.8) is 0 Å². The van der Waals surface area contributed by atoms with Gasteiger partial charge in [0, 0.05) is 11.6 Å². The Morgan fingerprint density at radius 1 is 0.909 bits per heavy atom. The summed E-state index contributed by atoms with van der Waals surface area (Å²) in [5.74, 6) is 0.614. The van der Waals surface area contributed by atoms with E-state index < -0.39 is 0 Å². The van der Waals surface area contributed by atoms with E-state index in [1.807, 2.05) is 37.3 Å². The molecule has 0 amide bonds. The summed E-state index contributed by atoms with van der Waals surface area (Å²) >= 11 is 0. The molecule has 0 radical (unpaired) electrons. The van der Waals surface area contributed by atoms with Gasteiger partial charge in [-0.15, -0.1) is 0 Å². The second-order valence-corrected chi connectivity index (χ2v) is 6.80. The lowest BCUT2D eigenvalue weighted by Gasteiger charge is -2.19. The summed E-state index contributed by atoms with van der Waals surface area (Å²) in [5.41, 5.74) is 4.01. The summed E-state index contributed by atoms with van der Waals surface area (Å²) in [5, 5.41) is 0.626. The van der Waals surface area contributed by atoms with Gasteiger partial charge in [-0.3, -0.25) is 4.79 Å². The van der Waals surface area contributed by atoms with Crippen molar-refractivity contribution in [1.82, 2.24) is 0 Å². The van der Waals surface area contributed by atoms with Crippen molar-refractivity contribution in [1.29, 1.82) is 0 Å². The molecular formula is C20H20O2. The summed E-state index contributed by atoms with van der Waals surface area (Å²) in [6, 6.07) is 15.4. The third-order valence-corrected chi connectivity index (χ3v) is 3.92. The molecule has 0 aliphatic carbocycles. The predicted molar refractivity (Wildman–Crippen MR) is 91.4 cm³/mol. The van der Waals surface area contributed by atoms with Gasteiger partial charge in [0.25, 0.3) is 0 Å². The van der Waals surface area contributed by atoms with E-state index in [1.54, 1.807) is 6.07 Å². The van der Waals surface area contributed by atoms with Crippen LogP contribution in [0.1, 0.15) is 31.9 Å². The number of hydrogen-bond acceptors (Lipinski definition) is 2. The Balaban J connectivity index is 2.12. The molecule has 0 atom stereocenters. The van der Waals surface area contributed by atoms with Crippen molar-refractivity contribution in [2.75, 3.05) is 0 Å². The molecule has 22 heavy (non-hydrogen) atoms. The summed E-state index contributed by atoms with van der Waals surface area (Å²) < 4.78 is 5.93. The molecule has 0 aliphatic rings. The van der Waals surface area contributed by atoms with Crippen LogP contribution in [0.3, 0.4) is 0 Å². The second kappa shape index (κ2) is 5.13. The first-order chi connectivity index (χ1) is 10.3. The predicted octanol–water partition coefficient (Wildman–Crippen LogP) is 5.07. The molecule has 0 aliphatic heterocycles. The standard InChI is InChI=1S/C20H20O2/c1-13-5-10-16-17(21)12-18(22-19(16)11-13)14-6-8-15(9-7-14)20(2,3)4/h5-12H,1-4H3. The zero-order valence-electron chi connectivity index (χ0n) is 13.4. The van der Waals surface area contributed by atoms with Crippen LogP contribution in [-0.2, 0) is 5.41 Å². The highest BCUT2D eigenvalue weighted by Crippen LogP contribution is 2.27. The molecule has 1 aromatic heterocycles. The Morgan fingerprint density at radius 2 is 1.59 bits per heavy atom. The van der Waals surface area contributed by atoms with Crippen LogP contribution in [0.2, 0.25) is 0 Å². The molecule has 0 N–H and O–H groups in total. The van der Waals surface area contributed by atoms with Gasteiger partial charge in [-0.1, -0.05) is 51.1 Å². The van der Waals surface area contributed by atoms with Crippen LogP contribution in [0.4, 0.5) is 0 Å². The summed E-state index contributed by atoms with van der Waals surface area (Å²) in [6.07, 6.45) is 0. The zero-order valence-corrected chi connectivity index (χ0v) is 13.4. The van der Waals surface area contributed by atoms with Crippen molar-refractivity contribution in [2.24, 2.45) is 0 Å². The maximum absolute atomic E-state index is 12.3. The van der Waals surface area contributed by atoms with E-state index in [2.05, 4.69) is 32.9 Å². The lowest BCUT2D eigenvalue weighted by atomic mass is 9.86. The Bertz CT molecular complexity index is 878. The van der Waals surface area contributed by atoms with Crippen molar-refractivity contribution in [3.05, 3.63) is 69.9 Å². The Morgan fingerprint density at radius 3 is 2.23 bits per heavy atom. The first kappa shape index (κ1) is 14.6. The maximum atomic E-state index is 12.3. The highest BCUT2D eigenvalue weighted by molar-refractivity contribution is 5.79. The molecule has 3 rings (SSSR count). The maximum Gasteiger partial charge on any atom is 0.193 e. The molecule has 0 unspecified atom stereocenters. The molecule has 2 aromatic carbocycles. The van der Waals surface area contributed by atoms with E-state index in [9.17, 15) is 4.79 Å². The van der Waals surface area contributed by atoms with Crippen LogP contribution in [0.25, 0.3) is 22.3 Å². The summed E-state index contributed by atoms with van der Waals surface area (Å²) in [7, 11) is 0. The van der Waals surface area contributed by atoms with Crippen molar-refractivity contribution < 1.29 is 4.42 Å². The fourth-order valence-corrected chi connectivity index (χ4v) is 2.54. The van der Waals surface area contributed by atoms with Gasteiger partial charge in [0.2, 0.25) is 0 Å². The minimum absolute atomic E-state index is 0.00357. The molecule has 2 nitrogen and oxygen atoms in total. The molecule has 2 heteroatoms. The summed E-state index contributed by atoms with van der Waals surface area (Å²) in [6.45, 7) is 8.53. The van der Waals surface area contributed by atoms with E-state index in [1.165, 1.54) is 5.56 Å². The molecule has 0 bridgehead atoms. The lowest BCUT2D eigenvalue weighted by Crippen LogP contribution is -2.10. The van der Waals surface area contributed by atoms with Crippen LogP contribution < -0.4 is 5.43 Å². The Hall–Kier alpha value is -2.35. The molecule has 3 aromatic rings. The minimum Gasteiger partial charge on any atom is -0.456 e. The fourth-order valence-electron chi connectivity index (χ4n) is 2.54. The van der Waals surface area contributed by atoms with Crippen LogP contribution >= 0.6 is 0 Å². The average Bonchev–Trinajstić information content (AvgIpc) is 2.46. The summed E-state index contributed by atoms with van der Waals surface area (Å²) in [4.78, 5) is 12.3. The molecule has 0 saturated heterocycles. The third kappa shape index (κ3) is 2.69. The normalized spacial score (nSPS) is 11.8. The molecule has 1 heterocycles. The van der Waals surface area contributed by atoms with E-state index in [4.69, 9.17) is 4.42 Å². The Labute approximate surface area is 130 Å². The van der Waals surface area contributed by atoms with Gasteiger partial charge in [-0.2, -0.15) is 0 Å². The van der Waals surface area contributed by atoms with Crippen LogP contribution in [0, 0.1) is 6.92 Å². The smallest absolute Gasteiger partial charge is 0.193 e. The molecular weight excluding hydrogens is 272 g/mol. The average molecular weight is 292 g/mol. The number of hydrogen-bond donors (Lipinski definition) is 0. The molecule has 0 saturated carbocycles. The van der Waals surface area contributed by atoms with Gasteiger partial charge in [-0.05, 0) is 35.6 Å². The first-order valence-corrected chi connectivity index (χ1v) is 7.50. The number of benzene rings is 2. The lowest BCUT2D eigenvalue weighted by molar-refractivity contribution is 0.589. The van der Waals surface area contributed by atoms with Crippen LogP contribution in [0.5, 0.6) is 0 Å². The minimum atomic E-state index is -0.00357. The Kier molecular flexibility index (Phi) is 3.40. The quantitative estimate of drug-likeness (QED) is 0.627. The highest BCUT2D eigenvalue weighted by atomic mass is 16.3. The van der Waals surface area contributed by atoms with E-state index in [0.29, 0.717) is 16.7 Å². The first-order valence-electron chi connectivity index (χ1n) is 7.50. The van der Waals surface area contributed by atoms with Gasteiger partial charge >= 0.3 is 0 Å². The van der Waals surface area contributed by atoms with E-state index in [-0.39, 0.29) is 10.8 Å². The van der Waals surface area contributed by atoms with Gasteiger partial charge in [0.15, 0.2) is 5.43 Å². The van der Waals surface area contributed by atoms with Crippen molar-refractivity contribution >= 4 is 11.0 Å². The van der Waals surface area contributed by atoms with Gasteiger partial charge < -0.3 is 4.42 Å². The van der Waals surface area contributed by atoms with Gasteiger partial charge in [0.05, 0.1) is 5.39 Å². The largest absolute Gasteiger partial charge is 0.456 e. The SMILES string of the molecule is Cc1ccc2c(=O)cc(-c3ccc(C(C)(C)C)cc3)oc2c1. The fraction of sp³-hybridized carbons (Fsp3) is 0.250. The zero-order chi connectivity index (χ0) is 15.9.